The van der Waals surface area contributed by atoms with Gasteiger partial charge in [0.1, 0.15) is 0 Å². The smallest absolute Gasteiger partial charge is 0.194 e. The average molecular weight is 467 g/mol. The minimum absolute atomic E-state index is 0. The number of piperidine rings is 1. The Bertz CT molecular complexity index is 412. The number of methoxy groups -OCH3 is 1. The van der Waals surface area contributed by atoms with E-state index in [0.717, 1.165) is 38.8 Å². The number of nitrogens with one attached hydrogen (secondary N) is 1. The van der Waals surface area contributed by atoms with E-state index in [2.05, 4.69) is 37.9 Å². The average Bonchev–Trinajstić information content (AvgIpc) is 2.54. The molecule has 2 rings (SSSR count). The Morgan fingerprint density at radius 1 is 1.32 bits per heavy atom. The predicted molar refractivity (Wildman–Crippen MR) is 115 cm³/mol. The molecule has 5 nitrogen and oxygen atoms in total. The molecule has 6 heteroatoms. The van der Waals surface area contributed by atoms with Crippen LogP contribution in [0.3, 0.4) is 0 Å². The molecule has 2 aliphatic heterocycles. The van der Waals surface area contributed by atoms with Crippen molar-refractivity contribution in [2.24, 2.45) is 15.8 Å². The van der Waals surface area contributed by atoms with Gasteiger partial charge in [-0.05, 0) is 38.0 Å². The Kier molecular flexibility index (Phi) is 9.46. The molecule has 1 spiro atoms. The lowest BCUT2D eigenvalue weighted by Crippen LogP contribution is -2.53. The van der Waals surface area contributed by atoms with E-state index in [-0.39, 0.29) is 35.5 Å². The zero-order chi connectivity index (χ0) is 17.6. The van der Waals surface area contributed by atoms with Gasteiger partial charge in [-0.15, -0.1) is 24.0 Å². The van der Waals surface area contributed by atoms with Crippen molar-refractivity contribution in [3.63, 3.8) is 0 Å². The van der Waals surface area contributed by atoms with Gasteiger partial charge in [0, 0.05) is 38.8 Å². The number of aliphatic imine (C=N–C) groups is 1. The van der Waals surface area contributed by atoms with E-state index in [0.29, 0.717) is 12.0 Å². The highest BCUT2D eigenvalue weighted by molar-refractivity contribution is 14.0. The van der Waals surface area contributed by atoms with E-state index in [1.54, 1.807) is 7.11 Å². The molecule has 2 fully saturated rings. The first-order chi connectivity index (χ1) is 11.4. The van der Waals surface area contributed by atoms with Gasteiger partial charge in [-0.2, -0.15) is 0 Å². The van der Waals surface area contributed by atoms with Gasteiger partial charge in [0.15, 0.2) is 5.96 Å². The number of guanidine groups is 1. The van der Waals surface area contributed by atoms with Crippen molar-refractivity contribution >= 4 is 29.9 Å². The number of rotatable bonds is 4. The van der Waals surface area contributed by atoms with Crippen LogP contribution in [0.4, 0.5) is 0 Å². The maximum absolute atomic E-state index is 5.80. The Hall–Kier alpha value is -0.0800. The van der Waals surface area contributed by atoms with Gasteiger partial charge in [0.25, 0.3) is 0 Å². The number of likely N-dealkylation sites (tertiary alicyclic amines) is 1. The van der Waals surface area contributed by atoms with Gasteiger partial charge < -0.3 is 19.7 Å². The fraction of sp³-hybridized carbons (Fsp3) is 0.947. The molecule has 0 amide bonds. The van der Waals surface area contributed by atoms with Gasteiger partial charge in [0.05, 0.1) is 19.3 Å². The van der Waals surface area contributed by atoms with Crippen LogP contribution in [0.1, 0.15) is 53.4 Å². The summed E-state index contributed by atoms with van der Waals surface area (Å²) in [4.78, 5) is 7.36. The second-order valence-electron chi connectivity index (χ2n) is 8.47. The summed E-state index contributed by atoms with van der Waals surface area (Å²) in [5, 5.41) is 3.48. The van der Waals surface area contributed by atoms with Crippen LogP contribution in [0.5, 0.6) is 0 Å². The standard InChI is InChI=1S/C19H37N3O2.HI/c1-6-20-17(21-13-16(23-5)18(2,3)4)22-11-7-9-19(14-22)10-8-12-24-15-19;/h16H,6-15H2,1-5H3,(H,20,21);1H. The van der Waals surface area contributed by atoms with Crippen LogP contribution in [0.15, 0.2) is 4.99 Å². The van der Waals surface area contributed by atoms with Crippen LogP contribution in [0.2, 0.25) is 0 Å². The summed E-state index contributed by atoms with van der Waals surface area (Å²) in [6, 6.07) is 0. The van der Waals surface area contributed by atoms with E-state index in [9.17, 15) is 0 Å². The third-order valence-electron chi connectivity index (χ3n) is 5.36. The second kappa shape index (κ2) is 10.3. The van der Waals surface area contributed by atoms with Gasteiger partial charge >= 0.3 is 0 Å². The molecule has 2 unspecified atom stereocenters. The van der Waals surface area contributed by atoms with Crippen LogP contribution < -0.4 is 5.32 Å². The SMILES string of the molecule is CCNC(=NCC(OC)C(C)(C)C)N1CCCC2(CCCOC2)C1.I. The first-order valence-electron chi connectivity index (χ1n) is 9.54. The summed E-state index contributed by atoms with van der Waals surface area (Å²) in [7, 11) is 1.79. The third kappa shape index (κ3) is 6.54. The van der Waals surface area contributed by atoms with Gasteiger partial charge in [-0.3, -0.25) is 4.99 Å². The van der Waals surface area contributed by atoms with Crippen LogP contribution in [-0.4, -0.2) is 63.5 Å². The fourth-order valence-corrected chi connectivity index (χ4v) is 3.92. The molecule has 2 atom stereocenters. The predicted octanol–water partition coefficient (Wildman–Crippen LogP) is 3.52. The second-order valence-corrected chi connectivity index (χ2v) is 8.47. The topological polar surface area (TPSA) is 46.1 Å². The van der Waals surface area contributed by atoms with Gasteiger partial charge in [-0.25, -0.2) is 0 Å². The monoisotopic (exact) mass is 467 g/mol. The molecule has 0 bridgehead atoms. The van der Waals surface area contributed by atoms with E-state index in [1.807, 2.05) is 0 Å². The summed E-state index contributed by atoms with van der Waals surface area (Å²) < 4.78 is 11.5. The van der Waals surface area contributed by atoms with Crippen molar-refractivity contribution < 1.29 is 9.47 Å². The van der Waals surface area contributed by atoms with Crippen LogP contribution in [0.25, 0.3) is 0 Å². The summed E-state index contributed by atoms with van der Waals surface area (Å²) in [6.07, 6.45) is 5.11. The minimum atomic E-state index is 0. The zero-order valence-corrected chi connectivity index (χ0v) is 19.1. The fourth-order valence-electron chi connectivity index (χ4n) is 3.92. The maximum atomic E-state index is 5.80. The molecule has 0 aromatic rings. The first kappa shape index (κ1) is 23.0. The van der Waals surface area contributed by atoms with E-state index < -0.39 is 0 Å². The third-order valence-corrected chi connectivity index (χ3v) is 5.36. The van der Waals surface area contributed by atoms with E-state index >= 15 is 0 Å². The number of ether oxygens (including phenoxy) is 2. The number of nitrogens with zero attached hydrogens (tertiary/aromatic N) is 2. The normalized spacial score (nSPS) is 26.3. The Morgan fingerprint density at radius 2 is 2.04 bits per heavy atom. The molecule has 2 saturated heterocycles. The van der Waals surface area contributed by atoms with Crippen LogP contribution >= 0.6 is 24.0 Å². The molecule has 0 aromatic carbocycles. The van der Waals surface area contributed by atoms with Crippen molar-refractivity contribution in [2.45, 2.75) is 59.5 Å². The molecule has 1 N–H and O–H groups in total. The lowest BCUT2D eigenvalue weighted by atomic mass is 9.76. The zero-order valence-electron chi connectivity index (χ0n) is 16.8. The van der Waals surface area contributed by atoms with E-state index in [4.69, 9.17) is 14.5 Å². The molecule has 148 valence electrons. The number of hydrogen-bond donors (Lipinski definition) is 1. The van der Waals surface area contributed by atoms with Crippen molar-refractivity contribution in [2.75, 3.05) is 46.5 Å². The molecule has 2 heterocycles. The lowest BCUT2D eigenvalue weighted by Gasteiger charge is -2.45. The molecular formula is C19H38IN3O2. The molecule has 0 saturated carbocycles. The number of halogens is 1. The molecule has 0 aromatic heterocycles. The summed E-state index contributed by atoms with van der Waals surface area (Å²) >= 11 is 0. The highest BCUT2D eigenvalue weighted by Crippen LogP contribution is 2.37. The molecule has 0 aliphatic carbocycles. The van der Waals surface area contributed by atoms with Crippen molar-refractivity contribution in [3.05, 3.63) is 0 Å². The highest BCUT2D eigenvalue weighted by Gasteiger charge is 2.38. The summed E-state index contributed by atoms with van der Waals surface area (Å²) in [6.45, 7) is 14.3. The Balaban J connectivity index is 0.00000312. The number of hydrogen-bond acceptors (Lipinski definition) is 3. The Morgan fingerprint density at radius 3 is 2.60 bits per heavy atom. The first-order valence-corrected chi connectivity index (χ1v) is 9.54. The minimum Gasteiger partial charge on any atom is -0.381 e. The Labute approximate surface area is 171 Å². The van der Waals surface area contributed by atoms with Gasteiger partial charge in [-0.1, -0.05) is 20.8 Å². The largest absolute Gasteiger partial charge is 0.381 e. The summed E-state index contributed by atoms with van der Waals surface area (Å²) in [5.74, 6) is 1.04. The maximum Gasteiger partial charge on any atom is 0.194 e. The molecule has 0 radical (unpaired) electrons. The van der Waals surface area contributed by atoms with Crippen LogP contribution in [0, 0.1) is 10.8 Å². The highest BCUT2D eigenvalue weighted by atomic mass is 127. The molecule has 25 heavy (non-hydrogen) atoms. The van der Waals surface area contributed by atoms with Crippen molar-refractivity contribution in [1.29, 1.82) is 0 Å². The van der Waals surface area contributed by atoms with E-state index in [1.165, 1.54) is 25.7 Å². The molecular weight excluding hydrogens is 429 g/mol. The summed E-state index contributed by atoms with van der Waals surface area (Å²) in [5.41, 5.74) is 0.424. The van der Waals surface area contributed by atoms with Gasteiger partial charge in [0.2, 0.25) is 0 Å². The molecule has 2 aliphatic rings. The van der Waals surface area contributed by atoms with Crippen molar-refractivity contribution in [3.8, 4) is 0 Å². The van der Waals surface area contributed by atoms with Crippen molar-refractivity contribution in [1.82, 2.24) is 10.2 Å². The lowest BCUT2D eigenvalue weighted by molar-refractivity contribution is -0.0371. The van der Waals surface area contributed by atoms with Crippen LogP contribution in [-0.2, 0) is 9.47 Å². The quantitative estimate of drug-likeness (QED) is 0.391.